The van der Waals surface area contributed by atoms with Gasteiger partial charge in [0.05, 0.1) is 19.4 Å². The van der Waals surface area contributed by atoms with Crippen molar-refractivity contribution in [2.45, 2.75) is 0 Å². The minimum Gasteiger partial charge on any atom is -0.378 e. The number of hydrogen-bond acceptors (Lipinski definition) is 5. The summed E-state index contributed by atoms with van der Waals surface area (Å²) in [6.45, 7) is 3.19. The summed E-state index contributed by atoms with van der Waals surface area (Å²) >= 11 is 0. The third-order valence-corrected chi connectivity index (χ3v) is 2.44. The summed E-state index contributed by atoms with van der Waals surface area (Å²) in [6.07, 6.45) is 3.40. The van der Waals surface area contributed by atoms with Gasteiger partial charge >= 0.3 is 0 Å². The molecule has 3 heterocycles. The fraction of sp³-hybridized carbons (Fsp3) is 0.444. The van der Waals surface area contributed by atoms with Gasteiger partial charge in [-0.1, -0.05) is 0 Å². The molecule has 6 heteroatoms. The lowest BCUT2D eigenvalue weighted by atomic mass is 10.4. The highest BCUT2D eigenvalue weighted by Gasteiger charge is 2.13. The van der Waals surface area contributed by atoms with Crippen molar-refractivity contribution in [3.63, 3.8) is 0 Å². The number of fused-ring (bicyclic) bond motifs is 1. The zero-order valence-electron chi connectivity index (χ0n) is 8.20. The second kappa shape index (κ2) is 3.47. The van der Waals surface area contributed by atoms with Gasteiger partial charge in [-0.3, -0.25) is 0 Å². The summed E-state index contributed by atoms with van der Waals surface area (Å²) in [4.78, 5) is 10.8. The minimum absolute atomic E-state index is 0.744. The molecule has 0 unspecified atom stereocenters. The predicted molar refractivity (Wildman–Crippen MR) is 53.8 cm³/mol. The maximum Gasteiger partial charge on any atom is 0.229 e. The molecular weight excluding hydrogens is 194 g/mol. The van der Waals surface area contributed by atoms with Crippen LogP contribution in [0.15, 0.2) is 18.6 Å². The number of hydrogen-bond donors (Lipinski definition) is 0. The molecule has 15 heavy (non-hydrogen) atoms. The third kappa shape index (κ3) is 1.52. The van der Waals surface area contributed by atoms with Crippen LogP contribution in [0, 0.1) is 0 Å². The molecule has 6 nitrogen and oxygen atoms in total. The first-order valence-corrected chi connectivity index (χ1v) is 4.92. The number of aromatic nitrogens is 4. The lowest BCUT2D eigenvalue weighted by Crippen LogP contribution is -2.37. The fourth-order valence-electron chi connectivity index (χ4n) is 1.64. The summed E-state index contributed by atoms with van der Waals surface area (Å²) < 4.78 is 6.94. The van der Waals surface area contributed by atoms with E-state index < -0.39 is 0 Å². The van der Waals surface area contributed by atoms with E-state index in [1.165, 1.54) is 0 Å². The minimum atomic E-state index is 0.744. The Balaban J connectivity index is 1.95. The van der Waals surface area contributed by atoms with Gasteiger partial charge in [-0.15, -0.1) is 0 Å². The maximum absolute atomic E-state index is 5.28. The van der Waals surface area contributed by atoms with Crippen molar-refractivity contribution >= 4 is 11.6 Å². The van der Waals surface area contributed by atoms with Crippen LogP contribution in [0.4, 0.5) is 5.95 Å². The van der Waals surface area contributed by atoms with Gasteiger partial charge in [-0.2, -0.15) is 10.1 Å². The van der Waals surface area contributed by atoms with Crippen molar-refractivity contribution in [3.8, 4) is 0 Å². The molecule has 0 saturated carbocycles. The molecule has 0 bridgehead atoms. The largest absolute Gasteiger partial charge is 0.378 e. The molecule has 2 aromatic heterocycles. The van der Waals surface area contributed by atoms with E-state index in [1.54, 1.807) is 17.0 Å². The van der Waals surface area contributed by atoms with E-state index in [1.807, 2.05) is 6.07 Å². The number of nitrogens with zero attached hydrogens (tertiary/aromatic N) is 5. The number of ether oxygens (including phenoxy) is 1. The topological polar surface area (TPSA) is 55.5 Å². The Morgan fingerprint density at radius 2 is 2.13 bits per heavy atom. The molecule has 0 aliphatic carbocycles. The van der Waals surface area contributed by atoms with Gasteiger partial charge in [0.1, 0.15) is 6.33 Å². The number of rotatable bonds is 1. The van der Waals surface area contributed by atoms with Crippen LogP contribution in [0.25, 0.3) is 5.65 Å². The Bertz CT molecular complexity index is 462. The molecule has 0 N–H and O–H groups in total. The summed E-state index contributed by atoms with van der Waals surface area (Å²) in [7, 11) is 0. The van der Waals surface area contributed by atoms with Crippen molar-refractivity contribution in [3.05, 3.63) is 18.6 Å². The first-order valence-electron chi connectivity index (χ1n) is 4.92. The van der Waals surface area contributed by atoms with Gasteiger partial charge in [0.25, 0.3) is 0 Å². The van der Waals surface area contributed by atoms with Crippen molar-refractivity contribution in [2.24, 2.45) is 0 Å². The van der Waals surface area contributed by atoms with Crippen LogP contribution < -0.4 is 4.90 Å². The zero-order valence-corrected chi connectivity index (χ0v) is 8.20. The summed E-state index contributed by atoms with van der Waals surface area (Å²) in [5.74, 6) is 0.756. The molecule has 1 aliphatic rings. The highest BCUT2D eigenvalue weighted by atomic mass is 16.5. The number of anilines is 1. The SMILES string of the molecule is c1cc2nc(N3CCOCC3)ncn2n1. The monoisotopic (exact) mass is 205 g/mol. The second-order valence-corrected chi connectivity index (χ2v) is 3.39. The summed E-state index contributed by atoms with van der Waals surface area (Å²) in [5.41, 5.74) is 0.825. The normalized spacial score (nSPS) is 17.2. The Morgan fingerprint density at radius 3 is 3.00 bits per heavy atom. The van der Waals surface area contributed by atoms with Gasteiger partial charge < -0.3 is 9.64 Å². The third-order valence-electron chi connectivity index (χ3n) is 2.44. The molecular formula is C9H11N5O. The molecule has 1 aliphatic heterocycles. The van der Waals surface area contributed by atoms with E-state index in [0.717, 1.165) is 37.9 Å². The van der Waals surface area contributed by atoms with E-state index in [-0.39, 0.29) is 0 Å². The summed E-state index contributed by atoms with van der Waals surface area (Å²) in [6, 6.07) is 1.87. The van der Waals surface area contributed by atoms with Crippen LogP contribution in [-0.2, 0) is 4.74 Å². The molecule has 2 aromatic rings. The van der Waals surface area contributed by atoms with E-state index in [9.17, 15) is 0 Å². The van der Waals surface area contributed by atoms with Crippen LogP contribution in [0.3, 0.4) is 0 Å². The average molecular weight is 205 g/mol. The summed E-state index contributed by atoms with van der Waals surface area (Å²) in [5, 5.41) is 4.05. The van der Waals surface area contributed by atoms with Gasteiger partial charge in [-0.25, -0.2) is 9.50 Å². The Kier molecular flexibility index (Phi) is 1.99. The van der Waals surface area contributed by atoms with Crippen molar-refractivity contribution in [2.75, 3.05) is 31.2 Å². The Morgan fingerprint density at radius 1 is 1.27 bits per heavy atom. The van der Waals surface area contributed by atoms with Crippen LogP contribution in [0.1, 0.15) is 0 Å². The first-order chi connectivity index (χ1) is 7.43. The predicted octanol–water partition coefficient (Wildman–Crippen LogP) is -0.0391. The van der Waals surface area contributed by atoms with Gasteiger partial charge in [0.15, 0.2) is 5.65 Å². The van der Waals surface area contributed by atoms with Gasteiger partial charge in [0, 0.05) is 19.2 Å². The molecule has 0 aromatic carbocycles. The maximum atomic E-state index is 5.28. The van der Waals surface area contributed by atoms with Crippen LogP contribution >= 0.6 is 0 Å². The molecule has 1 fully saturated rings. The molecule has 0 atom stereocenters. The first kappa shape index (κ1) is 8.60. The van der Waals surface area contributed by atoms with Crippen molar-refractivity contribution in [1.82, 2.24) is 19.6 Å². The second-order valence-electron chi connectivity index (χ2n) is 3.39. The van der Waals surface area contributed by atoms with Gasteiger partial charge in [0.2, 0.25) is 5.95 Å². The van der Waals surface area contributed by atoms with Crippen molar-refractivity contribution < 1.29 is 4.74 Å². The van der Waals surface area contributed by atoms with E-state index in [2.05, 4.69) is 20.0 Å². The molecule has 78 valence electrons. The zero-order chi connectivity index (χ0) is 10.1. The van der Waals surface area contributed by atoms with Crippen LogP contribution in [0.2, 0.25) is 0 Å². The van der Waals surface area contributed by atoms with Crippen LogP contribution in [-0.4, -0.2) is 45.9 Å². The Hall–Kier alpha value is -1.69. The lowest BCUT2D eigenvalue weighted by molar-refractivity contribution is 0.122. The highest BCUT2D eigenvalue weighted by molar-refractivity contribution is 5.42. The lowest BCUT2D eigenvalue weighted by Gasteiger charge is -2.26. The fourth-order valence-corrected chi connectivity index (χ4v) is 1.64. The molecule has 0 radical (unpaired) electrons. The molecule has 0 amide bonds. The van der Waals surface area contributed by atoms with Crippen LogP contribution in [0.5, 0.6) is 0 Å². The molecule has 1 saturated heterocycles. The van der Waals surface area contributed by atoms with Crippen molar-refractivity contribution in [1.29, 1.82) is 0 Å². The Labute approximate surface area is 86.5 Å². The van der Waals surface area contributed by atoms with Gasteiger partial charge in [-0.05, 0) is 0 Å². The van der Waals surface area contributed by atoms with E-state index in [4.69, 9.17) is 4.74 Å². The number of morpholine rings is 1. The highest BCUT2D eigenvalue weighted by Crippen LogP contribution is 2.09. The van der Waals surface area contributed by atoms with E-state index >= 15 is 0 Å². The molecule has 3 rings (SSSR count). The standard InChI is InChI=1S/C9H11N5O/c1-2-11-14-7-10-9(12-8(1)14)13-3-5-15-6-4-13/h1-2,7H,3-6H2. The average Bonchev–Trinajstić information content (AvgIpc) is 2.77. The smallest absolute Gasteiger partial charge is 0.229 e. The molecule has 0 spiro atoms. The van der Waals surface area contributed by atoms with E-state index in [0.29, 0.717) is 0 Å². The quantitative estimate of drug-likeness (QED) is 0.654.